The van der Waals surface area contributed by atoms with Crippen molar-refractivity contribution in [3.05, 3.63) is 70.8 Å². The normalized spacial score (nSPS) is 15.3. The summed E-state index contributed by atoms with van der Waals surface area (Å²) in [5, 5.41) is 0. The van der Waals surface area contributed by atoms with Crippen molar-refractivity contribution in [1.82, 2.24) is 8.61 Å². The highest BCUT2D eigenvalue weighted by Gasteiger charge is 2.31. The first-order valence-electron chi connectivity index (χ1n) is 8.87. The molecular weight excluding hydrogens is 412 g/mol. The van der Waals surface area contributed by atoms with Gasteiger partial charge >= 0.3 is 0 Å². The Bertz CT molecular complexity index is 868. The van der Waals surface area contributed by atoms with Crippen LogP contribution in [0.5, 0.6) is 0 Å². The van der Waals surface area contributed by atoms with Gasteiger partial charge in [0.25, 0.3) is 23.6 Å². The third-order valence-corrected chi connectivity index (χ3v) is 6.23. The number of imide groups is 2. The quantitative estimate of drug-likeness (QED) is 0.363. The number of fused-ring (bicyclic) bond motifs is 4. The van der Waals surface area contributed by atoms with Crippen molar-refractivity contribution in [2.75, 3.05) is 24.7 Å². The zero-order valence-corrected chi connectivity index (χ0v) is 16.8. The van der Waals surface area contributed by atoms with Crippen LogP contribution < -0.4 is 0 Å². The minimum absolute atomic E-state index is 0.325. The van der Waals surface area contributed by atoms with E-state index in [1.54, 1.807) is 48.5 Å². The van der Waals surface area contributed by atoms with E-state index in [-0.39, 0.29) is 23.6 Å². The van der Waals surface area contributed by atoms with Gasteiger partial charge in [0.05, 0.1) is 13.2 Å². The number of nitrogens with zero attached hydrogens (tertiary/aromatic N) is 2. The summed E-state index contributed by atoms with van der Waals surface area (Å²) < 4.78 is 7.83. The van der Waals surface area contributed by atoms with Crippen LogP contribution in [0.25, 0.3) is 0 Å². The number of rotatable bonds is 8. The summed E-state index contributed by atoms with van der Waals surface area (Å²) in [5.74, 6) is -0.442. The second kappa shape index (κ2) is 8.40. The molecule has 2 aromatic rings. The molecule has 0 aliphatic carbocycles. The lowest BCUT2D eigenvalue weighted by Gasteiger charge is -2.24. The number of ether oxygens (including phenoxy) is 1. The molecule has 0 atom stereocenters. The standard InChI is InChI=1S/C20H16N2O5S2/c23-17-13-3-1-4-14(11-13)18(24)21(17)28-9-7-27-8-10-29-22-19(25)15-5-2-6-16(12-15)20(22)26/h1-6,11-12H,7-10H2. The zero-order valence-electron chi connectivity index (χ0n) is 15.2. The predicted octanol–water partition coefficient (Wildman–Crippen LogP) is 2.89. The average Bonchev–Trinajstić information content (AvgIpc) is 2.75. The lowest BCUT2D eigenvalue weighted by atomic mass is 10.1. The summed E-state index contributed by atoms with van der Waals surface area (Å²) >= 11 is 2.23. The Morgan fingerprint density at radius 1 is 0.621 bits per heavy atom. The van der Waals surface area contributed by atoms with Crippen LogP contribution in [-0.2, 0) is 4.74 Å². The minimum Gasteiger partial charge on any atom is -0.380 e. The van der Waals surface area contributed by atoms with Crippen molar-refractivity contribution < 1.29 is 23.9 Å². The predicted molar refractivity (Wildman–Crippen MR) is 110 cm³/mol. The molecule has 0 aromatic heterocycles. The second-order valence-electron chi connectivity index (χ2n) is 6.25. The fourth-order valence-corrected chi connectivity index (χ4v) is 4.58. The topological polar surface area (TPSA) is 84.0 Å². The van der Waals surface area contributed by atoms with E-state index in [4.69, 9.17) is 4.74 Å². The summed E-state index contributed by atoms with van der Waals surface area (Å²) in [6, 6.07) is 13.3. The summed E-state index contributed by atoms with van der Waals surface area (Å²) in [7, 11) is 0. The maximum Gasteiger partial charge on any atom is 0.270 e. The van der Waals surface area contributed by atoms with Crippen LogP contribution in [0.2, 0.25) is 0 Å². The molecular formula is C20H16N2O5S2. The van der Waals surface area contributed by atoms with Crippen molar-refractivity contribution in [1.29, 1.82) is 0 Å². The molecule has 29 heavy (non-hydrogen) atoms. The van der Waals surface area contributed by atoms with Crippen molar-refractivity contribution in [3.63, 3.8) is 0 Å². The van der Waals surface area contributed by atoms with E-state index in [0.29, 0.717) is 47.0 Å². The van der Waals surface area contributed by atoms with Gasteiger partial charge < -0.3 is 4.74 Å². The lowest BCUT2D eigenvalue weighted by molar-refractivity contribution is 0.0717. The van der Waals surface area contributed by atoms with Crippen LogP contribution in [0.4, 0.5) is 0 Å². The number of carbonyl (C=O) groups excluding carboxylic acids is 4. The van der Waals surface area contributed by atoms with Gasteiger partial charge in [0.15, 0.2) is 0 Å². The Balaban J connectivity index is 1.18. The minimum atomic E-state index is -0.325. The van der Waals surface area contributed by atoms with E-state index < -0.39 is 0 Å². The van der Waals surface area contributed by atoms with E-state index >= 15 is 0 Å². The fourth-order valence-electron chi connectivity index (χ4n) is 2.94. The Kier molecular flexibility index (Phi) is 5.70. The molecule has 148 valence electrons. The molecule has 2 heterocycles. The molecule has 0 saturated heterocycles. The van der Waals surface area contributed by atoms with Gasteiger partial charge in [0, 0.05) is 33.8 Å². The number of amides is 4. The molecule has 0 saturated carbocycles. The molecule has 4 rings (SSSR count). The highest BCUT2D eigenvalue weighted by atomic mass is 32.2. The molecule has 0 spiro atoms. The number of carbonyl (C=O) groups is 4. The van der Waals surface area contributed by atoms with Gasteiger partial charge in [-0.1, -0.05) is 12.1 Å². The van der Waals surface area contributed by atoms with E-state index in [9.17, 15) is 19.2 Å². The molecule has 4 amide bonds. The van der Waals surface area contributed by atoms with Crippen LogP contribution in [0, 0.1) is 0 Å². The average molecular weight is 428 g/mol. The van der Waals surface area contributed by atoms with Gasteiger partial charge in [-0.15, -0.1) is 0 Å². The van der Waals surface area contributed by atoms with Gasteiger partial charge in [-0.25, -0.2) is 8.61 Å². The second-order valence-corrected chi connectivity index (χ2v) is 8.31. The first-order chi connectivity index (χ1) is 14.1. The first-order valence-corrected chi connectivity index (χ1v) is 10.8. The van der Waals surface area contributed by atoms with Crippen LogP contribution in [0.1, 0.15) is 41.4 Å². The summed E-state index contributed by atoms with van der Waals surface area (Å²) in [6.45, 7) is 0.661. The number of hydrogen-bond acceptors (Lipinski definition) is 7. The Morgan fingerprint density at radius 3 is 1.31 bits per heavy atom. The Morgan fingerprint density at radius 2 is 0.966 bits per heavy atom. The molecule has 7 nitrogen and oxygen atoms in total. The molecule has 4 bridgehead atoms. The fraction of sp³-hybridized carbons (Fsp3) is 0.200. The Hall–Kier alpha value is -2.62. The molecule has 9 heteroatoms. The molecule has 0 fully saturated rings. The van der Waals surface area contributed by atoms with Gasteiger partial charge in [0.2, 0.25) is 0 Å². The van der Waals surface area contributed by atoms with Crippen LogP contribution in [-0.4, -0.2) is 57.0 Å². The molecule has 0 radical (unpaired) electrons. The van der Waals surface area contributed by atoms with Crippen LogP contribution in [0.3, 0.4) is 0 Å². The maximum atomic E-state index is 12.2. The van der Waals surface area contributed by atoms with Gasteiger partial charge in [-0.3, -0.25) is 19.2 Å². The third-order valence-electron chi connectivity index (χ3n) is 4.35. The van der Waals surface area contributed by atoms with Crippen molar-refractivity contribution >= 4 is 47.5 Å². The summed E-state index contributed by atoms with van der Waals surface area (Å²) in [4.78, 5) is 49.0. The molecule has 2 aliphatic rings. The zero-order chi connectivity index (χ0) is 20.4. The van der Waals surface area contributed by atoms with Gasteiger partial charge in [0.1, 0.15) is 0 Å². The maximum absolute atomic E-state index is 12.2. The third kappa shape index (κ3) is 3.93. The summed E-state index contributed by atoms with van der Waals surface area (Å²) in [5.41, 5.74) is 1.97. The number of hydrogen-bond donors (Lipinski definition) is 0. The highest BCUT2D eigenvalue weighted by molar-refractivity contribution is 7.98. The first kappa shape index (κ1) is 19.7. The number of benzene rings is 2. The smallest absolute Gasteiger partial charge is 0.270 e. The summed E-state index contributed by atoms with van der Waals surface area (Å²) in [6.07, 6.45) is 0. The molecule has 2 aromatic carbocycles. The van der Waals surface area contributed by atoms with Crippen LogP contribution >= 0.6 is 23.9 Å². The SMILES string of the molecule is O=C1c2cccc(c2)C(=O)N1SCCOCCSN1C(=O)c2cccc(c2)C1=O. The van der Waals surface area contributed by atoms with Crippen molar-refractivity contribution in [2.24, 2.45) is 0 Å². The van der Waals surface area contributed by atoms with E-state index in [0.717, 1.165) is 32.5 Å². The lowest BCUT2D eigenvalue weighted by Crippen LogP contribution is -2.35. The highest BCUT2D eigenvalue weighted by Crippen LogP contribution is 2.25. The monoisotopic (exact) mass is 428 g/mol. The largest absolute Gasteiger partial charge is 0.380 e. The molecule has 2 aliphatic heterocycles. The Labute approximate surface area is 175 Å². The molecule has 0 N–H and O–H groups in total. The molecule has 0 unspecified atom stereocenters. The van der Waals surface area contributed by atoms with E-state index in [1.807, 2.05) is 0 Å². The van der Waals surface area contributed by atoms with Crippen LogP contribution in [0.15, 0.2) is 48.5 Å². The van der Waals surface area contributed by atoms with E-state index in [2.05, 4.69) is 0 Å². The van der Waals surface area contributed by atoms with E-state index in [1.165, 1.54) is 0 Å². The van der Waals surface area contributed by atoms with Crippen molar-refractivity contribution in [2.45, 2.75) is 0 Å². The van der Waals surface area contributed by atoms with Gasteiger partial charge in [-0.05, 0) is 60.3 Å². The van der Waals surface area contributed by atoms with Gasteiger partial charge in [-0.2, -0.15) is 0 Å². The van der Waals surface area contributed by atoms with Crippen molar-refractivity contribution in [3.8, 4) is 0 Å².